The molecule has 1 fully saturated rings. The lowest BCUT2D eigenvalue weighted by Crippen LogP contribution is -2.26. The van der Waals surface area contributed by atoms with Crippen molar-refractivity contribution in [1.82, 2.24) is 0 Å². The highest BCUT2D eigenvalue weighted by Crippen LogP contribution is 2.22. The summed E-state index contributed by atoms with van der Waals surface area (Å²) in [6, 6.07) is 8.41. The molecule has 0 saturated carbocycles. The highest BCUT2D eigenvalue weighted by molar-refractivity contribution is 8.00. The van der Waals surface area contributed by atoms with Gasteiger partial charge in [-0.1, -0.05) is 50.4 Å². The number of hydrogen-bond acceptors (Lipinski definition) is 4. The van der Waals surface area contributed by atoms with Gasteiger partial charge in [-0.05, 0) is 51.1 Å². The Kier molecular flexibility index (Phi) is 16.6. The van der Waals surface area contributed by atoms with E-state index >= 15 is 0 Å². The molecule has 0 amide bonds. The van der Waals surface area contributed by atoms with E-state index in [1.54, 1.807) is 11.9 Å². The molecule has 0 spiro atoms. The third-order valence-electron chi connectivity index (χ3n) is 3.44. The van der Waals surface area contributed by atoms with Crippen LogP contribution in [0.5, 0.6) is 0 Å². The molecule has 0 aromatic heterocycles. The Morgan fingerprint density at radius 3 is 2.50 bits per heavy atom. The summed E-state index contributed by atoms with van der Waals surface area (Å²) in [5, 5.41) is 0.592. The molecule has 3 unspecified atom stereocenters. The van der Waals surface area contributed by atoms with Crippen LogP contribution in [0.3, 0.4) is 0 Å². The molecule has 1 saturated heterocycles. The van der Waals surface area contributed by atoms with Gasteiger partial charge in [-0.25, -0.2) is 0 Å². The predicted molar refractivity (Wildman–Crippen MR) is 120 cm³/mol. The minimum Gasteiger partial charge on any atom is -0.378 e. The zero-order valence-corrected chi connectivity index (χ0v) is 18.7. The minimum absolute atomic E-state index is 0.513. The molecule has 0 bridgehead atoms. The Balaban J connectivity index is 0.000000400. The second kappa shape index (κ2) is 16.6. The monoisotopic (exact) mass is 389 g/mol. The number of rotatable bonds is 6. The molecule has 3 atom stereocenters. The smallest absolute Gasteiger partial charge is 0.0588 e. The van der Waals surface area contributed by atoms with Gasteiger partial charge in [0.2, 0.25) is 0 Å². The molecular weight excluding hydrogens is 353 g/mol. The average molecular weight is 390 g/mol. The van der Waals surface area contributed by atoms with Crippen LogP contribution in [-0.4, -0.2) is 36.5 Å². The molecule has 5 heteroatoms. The average Bonchev–Trinajstić information content (AvgIpc) is 2.62. The molecule has 1 aromatic carbocycles. The normalized spacial score (nSPS) is 19.9. The van der Waals surface area contributed by atoms with Gasteiger partial charge in [0.05, 0.1) is 6.10 Å². The SMILES string of the molecule is CC.CCSNc1ccc(C)cc1.CPCCC1CC(S)CCO1. The molecule has 2 nitrogen and oxygen atoms in total. The number of aryl methyl sites for hydroxylation is 1. The molecule has 140 valence electrons. The minimum atomic E-state index is 0.513. The van der Waals surface area contributed by atoms with Crippen LogP contribution < -0.4 is 4.72 Å². The first kappa shape index (κ1) is 24.1. The van der Waals surface area contributed by atoms with E-state index in [0.29, 0.717) is 11.4 Å². The molecule has 24 heavy (non-hydrogen) atoms. The van der Waals surface area contributed by atoms with E-state index in [9.17, 15) is 0 Å². The second-order valence-corrected chi connectivity index (χ2v) is 8.47. The number of benzene rings is 1. The molecule has 1 aromatic rings. The Bertz CT molecular complexity index is 389. The highest BCUT2D eigenvalue weighted by Gasteiger charge is 2.18. The summed E-state index contributed by atoms with van der Waals surface area (Å²) >= 11 is 6.18. The van der Waals surface area contributed by atoms with Gasteiger partial charge in [0.25, 0.3) is 0 Å². The Hall–Kier alpha value is 0.110. The summed E-state index contributed by atoms with van der Waals surface area (Å²) in [6.07, 6.45) is 5.37. The van der Waals surface area contributed by atoms with Crippen LogP contribution in [0, 0.1) is 6.92 Å². The fourth-order valence-corrected chi connectivity index (χ4v) is 3.54. The lowest BCUT2D eigenvalue weighted by Gasteiger charge is -2.26. The fourth-order valence-electron chi connectivity index (χ4n) is 2.14. The van der Waals surface area contributed by atoms with Crippen LogP contribution in [0.1, 0.15) is 45.6 Å². The molecular formula is C19H36NOPS2. The van der Waals surface area contributed by atoms with Crippen molar-refractivity contribution in [3.05, 3.63) is 29.8 Å². The fraction of sp³-hybridized carbons (Fsp3) is 0.684. The zero-order valence-electron chi connectivity index (χ0n) is 16.0. The maximum absolute atomic E-state index is 5.61. The van der Waals surface area contributed by atoms with Gasteiger partial charge in [-0.2, -0.15) is 12.6 Å². The Morgan fingerprint density at radius 1 is 1.29 bits per heavy atom. The van der Waals surface area contributed by atoms with Crippen molar-refractivity contribution >= 4 is 38.8 Å². The van der Waals surface area contributed by atoms with E-state index in [0.717, 1.165) is 33.8 Å². The number of nitrogens with one attached hydrogen (secondary N) is 1. The second-order valence-electron chi connectivity index (χ2n) is 5.46. The van der Waals surface area contributed by atoms with E-state index in [1.165, 1.54) is 23.8 Å². The van der Waals surface area contributed by atoms with Crippen LogP contribution in [0.15, 0.2) is 24.3 Å². The number of hydrogen-bond donors (Lipinski definition) is 2. The lowest BCUT2D eigenvalue weighted by atomic mass is 10.1. The van der Waals surface area contributed by atoms with Gasteiger partial charge >= 0.3 is 0 Å². The van der Waals surface area contributed by atoms with E-state index in [-0.39, 0.29) is 0 Å². The molecule has 1 N–H and O–H groups in total. The van der Waals surface area contributed by atoms with Gasteiger partial charge in [0, 0.05) is 23.3 Å². The van der Waals surface area contributed by atoms with Gasteiger partial charge in [0.1, 0.15) is 0 Å². The summed E-state index contributed by atoms with van der Waals surface area (Å²) < 4.78 is 8.84. The number of ether oxygens (including phenoxy) is 1. The first-order valence-electron chi connectivity index (χ1n) is 9.04. The van der Waals surface area contributed by atoms with Crippen molar-refractivity contribution in [2.45, 2.75) is 58.3 Å². The summed E-state index contributed by atoms with van der Waals surface area (Å²) in [6.45, 7) is 11.4. The largest absolute Gasteiger partial charge is 0.378 e. The first-order valence-corrected chi connectivity index (χ1v) is 12.2. The Labute approximate surface area is 161 Å². The molecule has 0 aliphatic carbocycles. The van der Waals surface area contributed by atoms with E-state index in [4.69, 9.17) is 4.74 Å². The quantitative estimate of drug-likeness (QED) is 0.340. The van der Waals surface area contributed by atoms with Crippen LogP contribution in [0.25, 0.3) is 0 Å². The van der Waals surface area contributed by atoms with Gasteiger partial charge < -0.3 is 9.46 Å². The number of anilines is 1. The molecule has 1 aliphatic rings. The Morgan fingerprint density at radius 2 is 1.96 bits per heavy atom. The third-order valence-corrected chi connectivity index (χ3v) is 5.37. The van der Waals surface area contributed by atoms with Crippen LogP contribution >= 0.6 is 33.2 Å². The van der Waals surface area contributed by atoms with Gasteiger partial charge in [-0.15, -0.1) is 8.58 Å². The van der Waals surface area contributed by atoms with Crippen molar-refractivity contribution < 1.29 is 4.74 Å². The van der Waals surface area contributed by atoms with Crippen LogP contribution in [0.2, 0.25) is 0 Å². The van der Waals surface area contributed by atoms with Crippen molar-refractivity contribution in [2.24, 2.45) is 0 Å². The lowest BCUT2D eigenvalue weighted by molar-refractivity contribution is 0.0180. The maximum atomic E-state index is 5.61. The van der Waals surface area contributed by atoms with Gasteiger partial charge in [0.15, 0.2) is 0 Å². The molecule has 0 radical (unpaired) electrons. The summed E-state index contributed by atoms with van der Waals surface area (Å²) in [5.74, 6) is 1.09. The summed E-state index contributed by atoms with van der Waals surface area (Å²) in [5.41, 5.74) is 2.49. The van der Waals surface area contributed by atoms with Crippen molar-refractivity contribution in [3.63, 3.8) is 0 Å². The van der Waals surface area contributed by atoms with Gasteiger partial charge in [-0.3, -0.25) is 0 Å². The first-order chi connectivity index (χ1) is 11.7. The highest BCUT2D eigenvalue weighted by atomic mass is 32.2. The predicted octanol–water partition coefficient (Wildman–Crippen LogP) is 6.26. The summed E-state index contributed by atoms with van der Waals surface area (Å²) in [4.78, 5) is 0. The van der Waals surface area contributed by atoms with Crippen molar-refractivity contribution in [2.75, 3.05) is 29.9 Å². The van der Waals surface area contributed by atoms with Crippen molar-refractivity contribution in [1.29, 1.82) is 0 Å². The topological polar surface area (TPSA) is 21.3 Å². The molecule has 2 rings (SSSR count). The zero-order chi connectivity index (χ0) is 18.2. The maximum Gasteiger partial charge on any atom is 0.0588 e. The standard InChI is InChI=1S/C9H13NS.C8H17OPS.C2H6/c1-3-11-10-9-6-4-8(2)5-7-9;1-10-5-3-7-6-8(11)2-4-9-7;1-2/h4-7,10H,3H2,1-2H3;7-8,10-11H,2-6H2,1H3;1-2H3. The van der Waals surface area contributed by atoms with E-state index in [2.05, 4.69) is 62.1 Å². The van der Waals surface area contributed by atoms with Crippen LogP contribution in [-0.2, 0) is 4.74 Å². The van der Waals surface area contributed by atoms with E-state index < -0.39 is 0 Å². The molecule has 1 aliphatic heterocycles. The van der Waals surface area contributed by atoms with Crippen LogP contribution in [0.4, 0.5) is 5.69 Å². The molecule has 1 heterocycles. The summed E-state index contributed by atoms with van der Waals surface area (Å²) in [7, 11) is 1.07. The third kappa shape index (κ3) is 12.5. The van der Waals surface area contributed by atoms with Crippen molar-refractivity contribution in [3.8, 4) is 0 Å². The number of thiol groups is 1. The van der Waals surface area contributed by atoms with E-state index in [1.807, 2.05) is 13.8 Å².